The number of fused-ring (bicyclic) bond motifs is 2. The molecule has 1 aliphatic heterocycles. The molecular weight excluding hydrogens is 583 g/mol. The Bertz CT molecular complexity index is 1490. The average molecular weight is 595 g/mol. The summed E-state index contributed by atoms with van der Waals surface area (Å²) in [7, 11) is 0. The molecule has 10 heteroatoms. The molecule has 0 unspecified atom stereocenters. The Morgan fingerprint density at radius 3 is 2.26 bits per heavy atom. The summed E-state index contributed by atoms with van der Waals surface area (Å²) in [6.07, 6.45) is 0. The van der Waals surface area contributed by atoms with Crippen molar-refractivity contribution in [2.75, 3.05) is 11.6 Å². The smallest absolute Gasteiger partial charge is 0.271 e. The largest absolute Gasteiger partial charge is 0.287 e. The Balaban J connectivity index is 1.60. The second kappa shape index (κ2) is 8.98. The van der Waals surface area contributed by atoms with Crippen LogP contribution in [0.2, 0.25) is 15.1 Å². The minimum absolute atomic E-state index is 0.192. The van der Waals surface area contributed by atoms with Crippen molar-refractivity contribution < 1.29 is 14.4 Å². The van der Waals surface area contributed by atoms with Crippen LogP contribution in [0, 0.1) is 0 Å². The number of amides is 3. The van der Waals surface area contributed by atoms with E-state index in [1.807, 2.05) is 18.2 Å². The second-order valence-electron chi connectivity index (χ2n) is 7.44. The molecule has 0 spiro atoms. The lowest BCUT2D eigenvalue weighted by atomic mass is 10.1. The molecule has 170 valence electrons. The molecular formula is C24H12BrCl3N2O3S. The highest BCUT2D eigenvalue weighted by Gasteiger charge is 2.38. The number of halogens is 4. The van der Waals surface area contributed by atoms with Crippen molar-refractivity contribution in [1.82, 2.24) is 4.90 Å². The molecule has 0 saturated heterocycles. The maximum Gasteiger partial charge on any atom is 0.271 e. The standard InChI is InChI=1S/C24H12BrCl3N2O3S/c25-12-5-7-16-19(9-12)34-21(20(16)28)24(33)29(18-8-6-13(26)10-17(18)27)11-30-22(31)14-3-1-2-4-15(14)23(30)32/h1-10H,11H2. The van der Waals surface area contributed by atoms with Crippen LogP contribution in [-0.2, 0) is 0 Å². The summed E-state index contributed by atoms with van der Waals surface area (Å²) in [5, 5.41) is 1.58. The highest BCUT2D eigenvalue weighted by Crippen LogP contribution is 2.39. The van der Waals surface area contributed by atoms with Gasteiger partial charge in [-0.25, -0.2) is 0 Å². The molecule has 1 aromatic heterocycles. The van der Waals surface area contributed by atoms with Crippen molar-refractivity contribution in [3.8, 4) is 0 Å². The number of carbonyl (C=O) groups is 3. The molecule has 34 heavy (non-hydrogen) atoms. The van der Waals surface area contributed by atoms with E-state index in [0.29, 0.717) is 10.7 Å². The third kappa shape index (κ3) is 3.91. The Hall–Kier alpha value is -2.42. The first-order valence-electron chi connectivity index (χ1n) is 9.86. The number of benzene rings is 3. The third-order valence-corrected chi connectivity index (χ3v) is 8.07. The molecule has 5 nitrogen and oxygen atoms in total. The Kier molecular flexibility index (Phi) is 6.16. The monoisotopic (exact) mass is 592 g/mol. The molecule has 3 amide bonds. The van der Waals surface area contributed by atoms with Crippen LogP contribution in [0.25, 0.3) is 10.1 Å². The fourth-order valence-electron chi connectivity index (χ4n) is 3.76. The number of hydrogen-bond acceptors (Lipinski definition) is 4. The van der Waals surface area contributed by atoms with Gasteiger partial charge in [0.25, 0.3) is 17.7 Å². The van der Waals surface area contributed by atoms with Crippen molar-refractivity contribution >= 4 is 95.6 Å². The molecule has 5 rings (SSSR count). The molecule has 4 aromatic rings. The van der Waals surface area contributed by atoms with Crippen molar-refractivity contribution in [3.05, 3.63) is 96.2 Å². The minimum atomic E-state index is -0.497. The Labute approximate surface area is 221 Å². The van der Waals surface area contributed by atoms with Gasteiger partial charge in [-0.3, -0.25) is 24.2 Å². The van der Waals surface area contributed by atoms with Crippen LogP contribution in [-0.4, -0.2) is 29.3 Å². The first-order chi connectivity index (χ1) is 16.3. The zero-order valence-electron chi connectivity index (χ0n) is 17.0. The lowest BCUT2D eigenvalue weighted by Gasteiger charge is -2.27. The van der Waals surface area contributed by atoms with Gasteiger partial charge < -0.3 is 0 Å². The normalized spacial score (nSPS) is 13.0. The van der Waals surface area contributed by atoms with Gasteiger partial charge >= 0.3 is 0 Å². The predicted octanol–water partition coefficient (Wildman–Crippen LogP) is 7.52. The van der Waals surface area contributed by atoms with Gasteiger partial charge in [0.2, 0.25) is 0 Å². The van der Waals surface area contributed by atoms with Gasteiger partial charge in [-0.15, -0.1) is 11.3 Å². The first-order valence-corrected chi connectivity index (χ1v) is 12.6. The van der Waals surface area contributed by atoms with E-state index in [1.165, 1.54) is 22.3 Å². The summed E-state index contributed by atoms with van der Waals surface area (Å²) in [6, 6.07) is 16.7. The number of hydrogen-bond donors (Lipinski definition) is 0. The molecule has 0 N–H and O–H groups in total. The van der Waals surface area contributed by atoms with Gasteiger partial charge in [0.05, 0.1) is 26.9 Å². The zero-order chi connectivity index (χ0) is 24.1. The maximum atomic E-state index is 13.8. The number of imide groups is 1. The Morgan fingerprint density at radius 1 is 0.941 bits per heavy atom. The quantitative estimate of drug-likeness (QED) is 0.230. The number of anilines is 1. The molecule has 0 aliphatic carbocycles. The zero-order valence-corrected chi connectivity index (χ0v) is 21.7. The van der Waals surface area contributed by atoms with Crippen molar-refractivity contribution in [1.29, 1.82) is 0 Å². The summed E-state index contributed by atoms with van der Waals surface area (Å²) < 4.78 is 1.66. The van der Waals surface area contributed by atoms with Gasteiger partial charge in [-0.2, -0.15) is 0 Å². The summed E-state index contributed by atoms with van der Waals surface area (Å²) >= 11 is 23.7. The van der Waals surface area contributed by atoms with Gasteiger partial charge in [0.15, 0.2) is 0 Å². The van der Waals surface area contributed by atoms with E-state index in [2.05, 4.69) is 15.9 Å². The van der Waals surface area contributed by atoms with Crippen LogP contribution in [0.15, 0.2) is 65.1 Å². The van der Waals surface area contributed by atoms with Crippen LogP contribution in [0.3, 0.4) is 0 Å². The fourth-order valence-corrected chi connectivity index (χ4v) is 6.28. The van der Waals surface area contributed by atoms with Crippen LogP contribution >= 0.6 is 62.1 Å². The SMILES string of the molecule is O=C1c2ccccc2C(=O)N1CN(C(=O)c1sc2cc(Br)ccc2c1Cl)c1ccc(Cl)cc1Cl. The van der Waals surface area contributed by atoms with Crippen LogP contribution in [0.1, 0.15) is 30.4 Å². The highest BCUT2D eigenvalue weighted by atomic mass is 79.9. The molecule has 0 fully saturated rings. The third-order valence-electron chi connectivity index (χ3n) is 5.39. The average Bonchev–Trinajstić information content (AvgIpc) is 3.26. The minimum Gasteiger partial charge on any atom is -0.287 e. The lowest BCUT2D eigenvalue weighted by Crippen LogP contribution is -2.44. The highest BCUT2D eigenvalue weighted by molar-refractivity contribution is 9.10. The summed E-state index contributed by atoms with van der Waals surface area (Å²) in [5.74, 6) is -1.48. The number of rotatable bonds is 4. The lowest BCUT2D eigenvalue weighted by molar-refractivity contribution is 0.0650. The number of nitrogens with zero attached hydrogens (tertiary/aromatic N) is 2. The van der Waals surface area contributed by atoms with E-state index >= 15 is 0 Å². The van der Waals surface area contributed by atoms with Gasteiger partial charge in [0, 0.05) is 19.6 Å². The molecule has 0 saturated carbocycles. The molecule has 0 atom stereocenters. The first kappa shape index (κ1) is 23.3. The van der Waals surface area contributed by atoms with Gasteiger partial charge in [-0.05, 0) is 42.5 Å². The number of carbonyl (C=O) groups excluding carboxylic acids is 3. The van der Waals surface area contributed by atoms with E-state index in [1.54, 1.807) is 36.4 Å². The molecule has 1 aliphatic rings. The topological polar surface area (TPSA) is 57.7 Å². The van der Waals surface area contributed by atoms with E-state index in [0.717, 1.165) is 19.5 Å². The predicted molar refractivity (Wildman–Crippen MR) is 140 cm³/mol. The van der Waals surface area contributed by atoms with E-state index in [4.69, 9.17) is 34.8 Å². The number of thiophene rings is 1. The molecule has 0 radical (unpaired) electrons. The fraction of sp³-hybridized carbons (Fsp3) is 0.0417. The van der Waals surface area contributed by atoms with Crippen molar-refractivity contribution in [3.63, 3.8) is 0 Å². The Morgan fingerprint density at radius 2 is 1.62 bits per heavy atom. The molecule has 3 aromatic carbocycles. The summed E-state index contributed by atoms with van der Waals surface area (Å²) in [5.41, 5.74) is 0.862. The van der Waals surface area contributed by atoms with Crippen molar-refractivity contribution in [2.45, 2.75) is 0 Å². The van der Waals surface area contributed by atoms with Gasteiger partial charge in [-0.1, -0.05) is 68.9 Å². The summed E-state index contributed by atoms with van der Waals surface area (Å²) in [6.45, 7) is -0.346. The van der Waals surface area contributed by atoms with Crippen LogP contribution in [0.4, 0.5) is 5.69 Å². The van der Waals surface area contributed by atoms with E-state index < -0.39 is 17.7 Å². The van der Waals surface area contributed by atoms with E-state index in [9.17, 15) is 14.4 Å². The van der Waals surface area contributed by atoms with Crippen LogP contribution < -0.4 is 4.90 Å². The molecule has 0 bridgehead atoms. The second-order valence-corrected chi connectivity index (χ2v) is 10.6. The van der Waals surface area contributed by atoms with Gasteiger partial charge in [0.1, 0.15) is 11.5 Å². The van der Waals surface area contributed by atoms with Crippen LogP contribution in [0.5, 0.6) is 0 Å². The maximum absolute atomic E-state index is 13.8. The summed E-state index contributed by atoms with van der Waals surface area (Å²) in [4.78, 5) is 42.4. The van der Waals surface area contributed by atoms with Crippen molar-refractivity contribution in [2.24, 2.45) is 0 Å². The molecule has 2 heterocycles. The van der Waals surface area contributed by atoms with E-state index in [-0.39, 0.29) is 32.7 Å².